The number of hydrogen-bond acceptors (Lipinski definition) is 3. The van der Waals surface area contributed by atoms with Crippen LogP contribution in [0.2, 0.25) is 0 Å². The highest BCUT2D eigenvalue weighted by molar-refractivity contribution is 6.21. The molecule has 3 nitrogen and oxygen atoms in total. The van der Waals surface area contributed by atoms with E-state index < -0.39 is 5.60 Å². The maximum Gasteiger partial charge on any atom is 0.197 e. The van der Waals surface area contributed by atoms with Crippen molar-refractivity contribution < 1.29 is 14.3 Å². The smallest absolute Gasteiger partial charge is 0.197 e. The molecule has 0 atom stereocenters. The lowest BCUT2D eigenvalue weighted by Crippen LogP contribution is -2.50. The van der Waals surface area contributed by atoms with E-state index in [1.165, 1.54) is 0 Å². The zero-order valence-electron chi connectivity index (χ0n) is 13.6. The van der Waals surface area contributed by atoms with E-state index in [9.17, 15) is 9.59 Å². The van der Waals surface area contributed by atoms with Crippen LogP contribution in [-0.4, -0.2) is 23.8 Å². The van der Waals surface area contributed by atoms with Crippen LogP contribution in [0.4, 0.5) is 0 Å². The minimum absolute atomic E-state index is 0.271. The first-order chi connectivity index (χ1) is 10.3. The van der Waals surface area contributed by atoms with Gasteiger partial charge in [-0.05, 0) is 50.3 Å². The summed E-state index contributed by atoms with van der Waals surface area (Å²) in [5.41, 5.74) is 0.172. The predicted molar refractivity (Wildman–Crippen MR) is 88.8 cm³/mol. The van der Waals surface area contributed by atoms with E-state index in [-0.39, 0.29) is 24.6 Å². The number of ether oxygens (including phenoxy) is 1. The Morgan fingerprint density at radius 3 is 1.95 bits per heavy atom. The molecule has 3 heteroatoms. The SMILES string of the molecule is C=C(C)C(=O)C(CCc1ccccc1)(OCC)C(=O)C(=C)C. The Morgan fingerprint density at radius 2 is 1.55 bits per heavy atom. The molecule has 1 rings (SSSR count). The molecule has 0 aromatic heterocycles. The van der Waals surface area contributed by atoms with Gasteiger partial charge in [0.1, 0.15) is 0 Å². The van der Waals surface area contributed by atoms with E-state index in [4.69, 9.17) is 4.74 Å². The van der Waals surface area contributed by atoms with Crippen LogP contribution in [0, 0.1) is 0 Å². The molecule has 118 valence electrons. The van der Waals surface area contributed by atoms with Crippen LogP contribution in [0.5, 0.6) is 0 Å². The number of hydrogen-bond donors (Lipinski definition) is 0. The first-order valence-corrected chi connectivity index (χ1v) is 7.43. The Balaban J connectivity index is 3.17. The fraction of sp³-hybridized carbons (Fsp3) is 0.368. The second-order valence-corrected chi connectivity index (χ2v) is 5.46. The minimum Gasteiger partial charge on any atom is -0.359 e. The molecule has 0 aliphatic carbocycles. The first kappa shape index (κ1) is 18.1. The van der Waals surface area contributed by atoms with Gasteiger partial charge in [-0.25, -0.2) is 0 Å². The second-order valence-electron chi connectivity index (χ2n) is 5.46. The average Bonchev–Trinajstić information content (AvgIpc) is 2.51. The highest BCUT2D eigenvalue weighted by Gasteiger charge is 2.46. The maximum absolute atomic E-state index is 12.6. The molecular formula is C19H24O3. The van der Waals surface area contributed by atoms with Crippen LogP contribution < -0.4 is 0 Å². The van der Waals surface area contributed by atoms with Crippen molar-refractivity contribution in [3.05, 3.63) is 60.2 Å². The molecule has 1 aromatic carbocycles. The lowest BCUT2D eigenvalue weighted by molar-refractivity contribution is -0.153. The number of carbonyl (C=O) groups excluding carboxylic acids is 2. The normalized spacial score (nSPS) is 11.0. The van der Waals surface area contributed by atoms with Gasteiger partial charge >= 0.3 is 0 Å². The Hall–Kier alpha value is -2.00. The van der Waals surface area contributed by atoms with E-state index in [2.05, 4.69) is 13.2 Å². The number of aryl methyl sites for hydroxylation is 1. The van der Waals surface area contributed by atoms with Gasteiger partial charge in [-0.15, -0.1) is 0 Å². The van der Waals surface area contributed by atoms with Gasteiger partial charge in [0.15, 0.2) is 17.2 Å². The molecular weight excluding hydrogens is 276 g/mol. The predicted octanol–water partition coefficient (Wildman–Crippen LogP) is 3.68. The number of ketones is 2. The van der Waals surface area contributed by atoms with Gasteiger partial charge in [-0.3, -0.25) is 9.59 Å². The molecule has 1 aromatic rings. The van der Waals surface area contributed by atoms with E-state index in [1.807, 2.05) is 30.3 Å². The summed E-state index contributed by atoms with van der Waals surface area (Å²) in [7, 11) is 0. The van der Waals surface area contributed by atoms with Gasteiger partial charge in [0.25, 0.3) is 0 Å². The summed E-state index contributed by atoms with van der Waals surface area (Å²) in [6.45, 7) is 12.6. The largest absolute Gasteiger partial charge is 0.359 e. The average molecular weight is 300 g/mol. The number of benzene rings is 1. The van der Waals surface area contributed by atoms with Crippen molar-refractivity contribution in [2.75, 3.05) is 6.61 Å². The second kappa shape index (κ2) is 7.85. The van der Waals surface area contributed by atoms with Crippen LogP contribution in [0.1, 0.15) is 32.8 Å². The van der Waals surface area contributed by atoms with Gasteiger partial charge in [0.05, 0.1) is 0 Å². The molecule has 0 spiro atoms. The fourth-order valence-electron chi connectivity index (χ4n) is 2.43. The molecule has 0 aliphatic heterocycles. The van der Waals surface area contributed by atoms with Gasteiger partial charge in [-0.2, -0.15) is 0 Å². The maximum atomic E-state index is 12.6. The summed E-state index contributed by atoms with van der Waals surface area (Å²) in [5, 5.41) is 0. The molecule has 0 aliphatic rings. The van der Waals surface area contributed by atoms with E-state index in [0.29, 0.717) is 17.6 Å². The van der Waals surface area contributed by atoms with Crippen molar-refractivity contribution in [3.63, 3.8) is 0 Å². The quantitative estimate of drug-likeness (QED) is 0.516. The third-order valence-corrected chi connectivity index (χ3v) is 3.51. The third kappa shape index (κ3) is 4.01. The van der Waals surface area contributed by atoms with Crippen LogP contribution in [0.3, 0.4) is 0 Å². The van der Waals surface area contributed by atoms with Crippen molar-refractivity contribution in [2.24, 2.45) is 0 Å². The summed E-state index contributed by atoms with van der Waals surface area (Å²) in [6, 6.07) is 9.72. The molecule has 0 amide bonds. The van der Waals surface area contributed by atoms with Crippen molar-refractivity contribution in [1.82, 2.24) is 0 Å². The highest BCUT2D eigenvalue weighted by atomic mass is 16.5. The van der Waals surface area contributed by atoms with Crippen molar-refractivity contribution in [1.29, 1.82) is 0 Å². The van der Waals surface area contributed by atoms with E-state index in [0.717, 1.165) is 5.56 Å². The van der Waals surface area contributed by atoms with Crippen LogP contribution in [-0.2, 0) is 20.7 Å². The van der Waals surface area contributed by atoms with Gasteiger partial charge < -0.3 is 4.74 Å². The summed E-state index contributed by atoms with van der Waals surface area (Å²) in [5.74, 6) is -0.725. The number of rotatable bonds is 9. The third-order valence-electron chi connectivity index (χ3n) is 3.51. The van der Waals surface area contributed by atoms with Crippen molar-refractivity contribution in [3.8, 4) is 0 Å². The van der Waals surface area contributed by atoms with Crippen LogP contribution >= 0.6 is 0 Å². The summed E-state index contributed by atoms with van der Waals surface area (Å²) >= 11 is 0. The lowest BCUT2D eigenvalue weighted by atomic mass is 9.81. The lowest BCUT2D eigenvalue weighted by Gasteiger charge is -2.31. The molecule has 0 bridgehead atoms. The first-order valence-electron chi connectivity index (χ1n) is 7.43. The molecule has 0 heterocycles. The molecule has 0 fully saturated rings. The molecule has 0 saturated carbocycles. The Kier molecular flexibility index (Phi) is 6.44. The molecule has 0 N–H and O–H groups in total. The topological polar surface area (TPSA) is 43.4 Å². The fourth-order valence-corrected chi connectivity index (χ4v) is 2.43. The number of carbonyl (C=O) groups is 2. The van der Waals surface area contributed by atoms with Crippen molar-refractivity contribution in [2.45, 2.75) is 39.2 Å². The summed E-state index contributed by atoms with van der Waals surface area (Å²) in [4.78, 5) is 25.3. The van der Waals surface area contributed by atoms with Crippen molar-refractivity contribution >= 4 is 11.6 Å². The Bertz CT molecular complexity index is 544. The molecule has 0 saturated heterocycles. The highest BCUT2D eigenvalue weighted by Crippen LogP contribution is 2.27. The van der Waals surface area contributed by atoms with E-state index in [1.54, 1.807) is 20.8 Å². The summed E-state index contributed by atoms with van der Waals surface area (Å²) in [6.07, 6.45) is 0.848. The zero-order chi connectivity index (χ0) is 16.8. The monoisotopic (exact) mass is 300 g/mol. The standard InChI is InChI=1S/C19H24O3/c1-6-22-19(17(20)14(2)3,18(21)15(4)5)13-12-16-10-8-7-9-11-16/h7-11H,2,4,6,12-13H2,1,3,5H3. The van der Waals surface area contributed by atoms with Gasteiger partial charge in [0.2, 0.25) is 0 Å². The summed E-state index contributed by atoms with van der Waals surface area (Å²) < 4.78 is 5.68. The van der Waals surface area contributed by atoms with E-state index >= 15 is 0 Å². The number of Topliss-reactive ketones (excluding diaryl/α,β-unsaturated/α-hetero) is 2. The minimum atomic E-state index is -1.51. The molecule has 22 heavy (non-hydrogen) atoms. The Morgan fingerprint density at radius 1 is 1.05 bits per heavy atom. The van der Waals surface area contributed by atoms with Crippen LogP contribution in [0.25, 0.3) is 0 Å². The molecule has 0 radical (unpaired) electrons. The Labute approximate surface area is 132 Å². The zero-order valence-corrected chi connectivity index (χ0v) is 13.6. The van der Waals surface area contributed by atoms with Crippen LogP contribution in [0.15, 0.2) is 54.6 Å². The van der Waals surface area contributed by atoms with Gasteiger partial charge in [-0.1, -0.05) is 43.5 Å². The van der Waals surface area contributed by atoms with Gasteiger partial charge in [0, 0.05) is 6.61 Å². The molecule has 0 unspecified atom stereocenters.